The fourth-order valence-electron chi connectivity index (χ4n) is 2.94. The van der Waals surface area contributed by atoms with E-state index in [1.165, 1.54) is 11.3 Å². The van der Waals surface area contributed by atoms with E-state index < -0.39 is 11.4 Å². The summed E-state index contributed by atoms with van der Waals surface area (Å²) in [5.41, 5.74) is -0.163. The Morgan fingerprint density at radius 1 is 1.46 bits per heavy atom. The van der Waals surface area contributed by atoms with Crippen LogP contribution in [0.3, 0.4) is 0 Å². The molecule has 2 aromatic rings. The fraction of sp³-hybridized carbons (Fsp3) is 0.471. The Hall–Kier alpha value is -2.15. The fourth-order valence-corrected chi connectivity index (χ4v) is 3.72. The second-order valence-electron chi connectivity index (χ2n) is 6.52. The molecule has 6 nitrogen and oxygen atoms in total. The molecule has 1 unspecified atom stereocenters. The van der Waals surface area contributed by atoms with Crippen molar-refractivity contribution >= 4 is 23.2 Å². The molecule has 1 saturated heterocycles. The second kappa shape index (κ2) is 6.39. The zero-order valence-corrected chi connectivity index (χ0v) is 14.6. The van der Waals surface area contributed by atoms with Crippen molar-refractivity contribution in [3.8, 4) is 10.8 Å². The number of piperidine rings is 1. The summed E-state index contributed by atoms with van der Waals surface area (Å²) in [5.74, 6) is 0.602. The molecule has 1 N–H and O–H groups in total. The first-order chi connectivity index (χ1) is 11.4. The SMILES string of the molecule is Cc1ccc(-c2nc(CC(=O)N3CCCC(C)(C(=O)O)C3)cs2)o1. The van der Waals surface area contributed by atoms with Crippen LogP contribution in [0, 0.1) is 12.3 Å². The normalized spacial score (nSPS) is 21.0. The van der Waals surface area contributed by atoms with Gasteiger partial charge in [-0.3, -0.25) is 9.59 Å². The van der Waals surface area contributed by atoms with Crippen LogP contribution in [0.5, 0.6) is 0 Å². The van der Waals surface area contributed by atoms with Crippen molar-refractivity contribution in [2.75, 3.05) is 13.1 Å². The van der Waals surface area contributed by atoms with Gasteiger partial charge in [-0.15, -0.1) is 11.3 Å². The van der Waals surface area contributed by atoms with Gasteiger partial charge in [0.15, 0.2) is 10.8 Å². The van der Waals surface area contributed by atoms with Crippen LogP contribution < -0.4 is 0 Å². The molecule has 1 fully saturated rings. The summed E-state index contributed by atoms with van der Waals surface area (Å²) in [6.07, 6.45) is 1.50. The molecule has 3 rings (SSSR count). The van der Waals surface area contributed by atoms with Crippen LogP contribution in [0.15, 0.2) is 21.9 Å². The van der Waals surface area contributed by atoms with Gasteiger partial charge in [-0.1, -0.05) is 0 Å². The molecule has 3 heterocycles. The van der Waals surface area contributed by atoms with Crippen molar-refractivity contribution < 1.29 is 19.1 Å². The van der Waals surface area contributed by atoms with Gasteiger partial charge in [0.1, 0.15) is 5.76 Å². The Bertz CT molecular complexity index is 766. The van der Waals surface area contributed by atoms with Crippen LogP contribution in [-0.4, -0.2) is 40.0 Å². The average Bonchev–Trinajstić information content (AvgIpc) is 3.16. The molecule has 24 heavy (non-hydrogen) atoms. The molecule has 0 radical (unpaired) electrons. The molecule has 1 atom stereocenters. The third-order valence-corrected chi connectivity index (χ3v) is 5.31. The Morgan fingerprint density at radius 3 is 2.92 bits per heavy atom. The Kier molecular flexibility index (Phi) is 4.45. The van der Waals surface area contributed by atoms with Crippen molar-refractivity contribution in [1.82, 2.24) is 9.88 Å². The number of furan rings is 1. The number of carbonyl (C=O) groups is 2. The van der Waals surface area contributed by atoms with Crippen LogP contribution in [0.1, 0.15) is 31.2 Å². The first kappa shape index (κ1) is 16.7. The molecule has 0 saturated carbocycles. The van der Waals surface area contributed by atoms with Crippen LogP contribution in [-0.2, 0) is 16.0 Å². The van der Waals surface area contributed by atoms with E-state index in [4.69, 9.17) is 4.42 Å². The number of hydrogen-bond donors (Lipinski definition) is 1. The number of aliphatic carboxylic acids is 1. The van der Waals surface area contributed by atoms with Crippen molar-refractivity contribution in [1.29, 1.82) is 0 Å². The second-order valence-corrected chi connectivity index (χ2v) is 7.37. The summed E-state index contributed by atoms with van der Waals surface area (Å²) in [6, 6.07) is 3.74. The Labute approximate surface area is 144 Å². The highest BCUT2D eigenvalue weighted by Gasteiger charge is 2.39. The minimum atomic E-state index is -0.854. The third kappa shape index (κ3) is 3.36. The van der Waals surface area contributed by atoms with E-state index in [1.54, 1.807) is 11.8 Å². The van der Waals surface area contributed by atoms with E-state index in [0.29, 0.717) is 30.8 Å². The van der Waals surface area contributed by atoms with E-state index >= 15 is 0 Å². The molecule has 0 aromatic carbocycles. The largest absolute Gasteiger partial charge is 0.481 e. The molecule has 2 aromatic heterocycles. The first-order valence-corrected chi connectivity index (χ1v) is 8.78. The van der Waals surface area contributed by atoms with Gasteiger partial charge in [0.05, 0.1) is 17.5 Å². The summed E-state index contributed by atoms with van der Waals surface area (Å²) in [4.78, 5) is 30.0. The molecule has 1 aliphatic heterocycles. The number of nitrogens with zero attached hydrogens (tertiary/aromatic N) is 2. The predicted octanol–water partition coefficient (Wildman–Crippen LogP) is 2.97. The number of hydrogen-bond acceptors (Lipinski definition) is 5. The molecule has 128 valence electrons. The molecular formula is C17H20N2O4S. The van der Waals surface area contributed by atoms with Crippen molar-refractivity contribution in [2.45, 2.75) is 33.1 Å². The highest BCUT2D eigenvalue weighted by molar-refractivity contribution is 7.13. The molecule has 7 heteroatoms. The number of rotatable bonds is 4. The topological polar surface area (TPSA) is 83.6 Å². The van der Waals surface area contributed by atoms with Gasteiger partial charge >= 0.3 is 5.97 Å². The maximum atomic E-state index is 12.5. The lowest BCUT2D eigenvalue weighted by Gasteiger charge is -2.37. The maximum Gasteiger partial charge on any atom is 0.311 e. The molecule has 1 aliphatic rings. The van der Waals surface area contributed by atoms with Gasteiger partial charge in [-0.25, -0.2) is 4.98 Å². The zero-order valence-electron chi connectivity index (χ0n) is 13.7. The van der Waals surface area contributed by atoms with E-state index in [2.05, 4.69) is 4.98 Å². The number of carboxylic acids is 1. The zero-order chi connectivity index (χ0) is 17.3. The number of carboxylic acid groups (broad SMARTS) is 1. The summed E-state index contributed by atoms with van der Waals surface area (Å²) >= 11 is 1.44. The van der Waals surface area contributed by atoms with Gasteiger partial charge in [0.2, 0.25) is 5.91 Å². The number of amides is 1. The number of carbonyl (C=O) groups excluding carboxylic acids is 1. The number of aromatic nitrogens is 1. The van der Waals surface area contributed by atoms with Crippen molar-refractivity contribution in [3.63, 3.8) is 0 Å². The monoisotopic (exact) mass is 348 g/mol. The highest BCUT2D eigenvalue weighted by atomic mass is 32.1. The Balaban J connectivity index is 1.67. The molecule has 1 amide bonds. The smallest absolute Gasteiger partial charge is 0.311 e. The number of aryl methyl sites for hydroxylation is 1. The lowest BCUT2D eigenvalue weighted by Crippen LogP contribution is -2.48. The lowest BCUT2D eigenvalue weighted by atomic mass is 9.82. The lowest BCUT2D eigenvalue weighted by molar-refractivity contribution is -0.153. The molecule has 0 aliphatic carbocycles. The summed E-state index contributed by atoms with van der Waals surface area (Å²) in [6.45, 7) is 4.44. The third-order valence-electron chi connectivity index (χ3n) is 4.40. The molecule has 0 bridgehead atoms. The van der Waals surface area contributed by atoms with E-state index in [-0.39, 0.29) is 18.9 Å². The molecule has 0 spiro atoms. The average molecular weight is 348 g/mol. The Morgan fingerprint density at radius 2 is 2.25 bits per heavy atom. The van der Waals surface area contributed by atoms with Gasteiger partial charge in [-0.05, 0) is 38.8 Å². The van der Waals surface area contributed by atoms with Gasteiger partial charge in [0, 0.05) is 18.5 Å². The highest BCUT2D eigenvalue weighted by Crippen LogP contribution is 2.30. The van der Waals surface area contributed by atoms with Crippen molar-refractivity contribution in [3.05, 3.63) is 29.0 Å². The minimum Gasteiger partial charge on any atom is -0.481 e. The number of likely N-dealkylation sites (tertiary alicyclic amines) is 1. The number of thiazole rings is 1. The summed E-state index contributed by atoms with van der Waals surface area (Å²) in [5, 5.41) is 12.0. The van der Waals surface area contributed by atoms with Crippen LogP contribution in [0.2, 0.25) is 0 Å². The van der Waals surface area contributed by atoms with Gasteiger partial charge in [0.25, 0.3) is 0 Å². The van der Waals surface area contributed by atoms with Crippen LogP contribution in [0.4, 0.5) is 0 Å². The quantitative estimate of drug-likeness (QED) is 0.918. The standard InChI is InChI=1S/C17H20N2O4S/c1-11-4-5-13(23-11)15-18-12(9-24-15)8-14(20)19-7-3-6-17(2,10-19)16(21)22/h4-5,9H,3,6-8,10H2,1-2H3,(H,21,22). The van der Waals surface area contributed by atoms with Gasteiger partial charge < -0.3 is 14.4 Å². The van der Waals surface area contributed by atoms with Crippen LogP contribution in [0.25, 0.3) is 10.8 Å². The van der Waals surface area contributed by atoms with Crippen molar-refractivity contribution in [2.24, 2.45) is 5.41 Å². The van der Waals surface area contributed by atoms with E-state index in [9.17, 15) is 14.7 Å². The minimum absolute atomic E-state index is 0.0744. The maximum absolute atomic E-state index is 12.5. The van der Waals surface area contributed by atoms with E-state index in [0.717, 1.165) is 10.8 Å². The van der Waals surface area contributed by atoms with Crippen LogP contribution >= 0.6 is 11.3 Å². The summed E-state index contributed by atoms with van der Waals surface area (Å²) < 4.78 is 5.55. The first-order valence-electron chi connectivity index (χ1n) is 7.90. The molecular weight excluding hydrogens is 328 g/mol. The van der Waals surface area contributed by atoms with E-state index in [1.807, 2.05) is 24.4 Å². The predicted molar refractivity (Wildman–Crippen MR) is 89.8 cm³/mol. The van der Waals surface area contributed by atoms with Gasteiger partial charge in [-0.2, -0.15) is 0 Å². The summed E-state index contributed by atoms with van der Waals surface area (Å²) in [7, 11) is 0.